The summed E-state index contributed by atoms with van der Waals surface area (Å²) in [5.41, 5.74) is 0. The highest BCUT2D eigenvalue weighted by atomic mass is 16.2. The fourth-order valence-electron chi connectivity index (χ4n) is 1.01. The second kappa shape index (κ2) is 2.89. The lowest BCUT2D eigenvalue weighted by atomic mass is 10.4. The molecule has 60 valence electrons. The number of carbonyl (C=O) groups is 1. The summed E-state index contributed by atoms with van der Waals surface area (Å²) >= 11 is 0. The minimum Gasteiger partial charge on any atom is -0.321 e. The highest BCUT2D eigenvalue weighted by Crippen LogP contribution is 2.19. The molecule has 1 rings (SSSR count). The first-order chi connectivity index (χ1) is 5.16. The summed E-state index contributed by atoms with van der Waals surface area (Å²) in [5.74, 6) is -0.0637. The van der Waals surface area contributed by atoms with Crippen LogP contribution in [-0.4, -0.2) is 42.5 Å². The van der Waals surface area contributed by atoms with Gasteiger partial charge in [-0.3, -0.25) is 9.69 Å². The number of nitrogens with zero attached hydrogens (tertiary/aromatic N) is 3. The van der Waals surface area contributed by atoms with Crippen molar-refractivity contribution in [3.8, 4) is 6.07 Å². The molecule has 1 heterocycles. The Labute approximate surface area is 66.0 Å². The van der Waals surface area contributed by atoms with Gasteiger partial charge in [-0.25, -0.2) is 0 Å². The molecule has 0 aromatic heterocycles. The first-order valence-electron chi connectivity index (χ1n) is 3.49. The van der Waals surface area contributed by atoms with Gasteiger partial charge in [0.15, 0.2) is 0 Å². The second-order valence-electron chi connectivity index (χ2n) is 2.83. The molecule has 4 heteroatoms. The molecule has 0 saturated carbocycles. The van der Waals surface area contributed by atoms with Gasteiger partial charge in [-0.15, -0.1) is 0 Å². The van der Waals surface area contributed by atoms with Crippen molar-refractivity contribution in [1.29, 1.82) is 5.26 Å². The Balaban J connectivity index is 2.33. The van der Waals surface area contributed by atoms with E-state index in [4.69, 9.17) is 5.26 Å². The molecular formula is C7H11N3O. The molecule has 1 fully saturated rings. The van der Waals surface area contributed by atoms with Crippen LogP contribution in [0.25, 0.3) is 0 Å². The van der Waals surface area contributed by atoms with Crippen molar-refractivity contribution in [1.82, 2.24) is 9.80 Å². The van der Waals surface area contributed by atoms with E-state index in [1.54, 1.807) is 4.90 Å². The van der Waals surface area contributed by atoms with Crippen LogP contribution in [0.15, 0.2) is 0 Å². The largest absolute Gasteiger partial charge is 0.321 e. The average Bonchev–Trinajstić information content (AvgIpc) is 2.65. The lowest BCUT2D eigenvalue weighted by Gasteiger charge is -2.07. The summed E-state index contributed by atoms with van der Waals surface area (Å²) in [5, 5.41) is 8.23. The zero-order valence-corrected chi connectivity index (χ0v) is 6.74. The van der Waals surface area contributed by atoms with Crippen LogP contribution in [0.2, 0.25) is 0 Å². The van der Waals surface area contributed by atoms with Gasteiger partial charge in [0.25, 0.3) is 0 Å². The van der Waals surface area contributed by atoms with Crippen molar-refractivity contribution >= 4 is 5.91 Å². The molecule has 0 spiro atoms. The number of hydrogen-bond acceptors (Lipinski definition) is 3. The van der Waals surface area contributed by atoms with E-state index in [0.717, 1.165) is 6.54 Å². The van der Waals surface area contributed by atoms with Crippen LogP contribution in [0.3, 0.4) is 0 Å². The van der Waals surface area contributed by atoms with Crippen LogP contribution in [0.1, 0.15) is 6.42 Å². The number of likely N-dealkylation sites (N-methyl/N-ethyl adjacent to an activating group) is 1. The Kier molecular flexibility index (Phi) is 2.11. The molecule has 1 amide bonds. The van der Waals surface area contributed by atoms with Crippen molar-refractivity contribution in [3.63, 3.8) is 0 Å². The van der Waals surface area contributed by atoms with Crippen LogP contribution in [0.4, 0.5) is 0 Å². The van der Waals surface area contributed by atoms with Crippen LogP contribution < -0.4 is 0 Å². The molecule has 0 radical (unpaired) electrons. The number of nitriles is 1. The Bertz CT molecular complexity index is 206. The average molecular weight is 153 g/mol. The Morgan fingerprint density at radius 2 is 2.45 bits per heavy atom. The molecule has 0 aromatic rings. The monoisotopic (exact) mass is 153 g/mol. The van der Waals surface area contributed by atoms with E-state index in [1.165, 1.54) is 0 Å². The number of rotatable bonds is 2. The molecule has 1 unspecified atom stereocenters. The Hall–Kier alpha value is -1.08. The summed E-state index contributed by atoms with van der Waals surface area (Å²) in [6.07, 6.45) is 0.237. The lowest BCUT2D eigenvalue weighted by Crippen LogP contribution is -2.23. The maximum absolute atomic E-state index is 11.0. The first-order valence-corrected chi connectivity index (χ1v) is 3.49. The maximum Gasteiger partial charge on any atom is 0.238 e. The first kappa shape index (κ1) is 8.02. The molecule has 0 bridgehead atoms. The molecule has 4 nitrogen and oxygen atoms in total. The fraction of sp³-hybridized carbons (Fsp3) is 0.714. The summed E-state index contributed by atoms with van der Waals surface area (Å²) < 4.78 is 0. The van der Waals surface area contributed by atoms with E-state index in [2.05, 4.69) is 0 Å². The van der Waals surface area contributed by atoms with Crippen molar-refractivity contribution in [2.75, 3.05) is 20.6 Å². The van der Waals surface area contributed by atoms with Gasteiger partial charge in [-0.1, -0.05) is 0 Å². The number of hydrogen-bond donors (Lipinski definition) is 0. The minimum atomic E-state index is -0.0637. The minimum absolute atomic E-state index is 0.00431. The predicted octanol–water partition coefficient (Wildman–Crippen LogP) is -0.370. The van der Waals surface area contributed by atoms with Gasteiger partial charge in [-0.2, -0.15) is 5.26 Å². The van der Waals surface area contributed by atoms with Gasteiger partial charge in [-0.05, 0) is 14.1 Å². The van der Waals surface area contributed by atoms with Crippen LogP contribution in [-0.2, 0) is 4.79 Å². The quantitative estimate of drug-likeness (QED) is 0.508. The van der Waals surface area contributed by atoms with E-state index < -0.39 is 0 Å². The topological polar surface area (TPSA) is 47.1 Å². The zero-order chi connectivity index (χ0) is 8.43. The third-order valence-corrected chi connectivity index (χ3v) is 1.73. The van der Waals surface area contributed by atoms with Gasteiger partial charge in [0, 0.05) is 0 Å². The summed E-state index contributed by atoms with van der Waals surface area (Å²) in [4.78, 5) is 14.6. The van der Waals surface area contributed by atoms with E-state index >= 15 is 0 Å². The van der Waals surface area contributed by atoms with Gasteiger partial charge in [0.1, 0.15) is 12.6 Å². The third kappa shape index (κ3) is 1.69. The summed E-state index contributed by atoms with van der Waals surface area (Å²) in [7, 11) is 3.84. The molecule has 1 aliphatic rings. The van der Waals surface area contributed by atoms with Crippen molar-refractivity contribution < 1.29 is 4.79 Å². The van der Waals surface area contributed by atoms with Gasteiger partial charge < -0.3 is 4.90 Å². The summed E-state index contributed by atoms with van der Waals surface area (Å²) in [6.45, 7) is 0.771. The molecule has 11 heavy (non-hydrogen) atoms. The van der Waals surface area contributed by atoms with Gasteiger partial charge in [0.05, 0.1) is 12.6 Å². The standard InChI is InChI=1S/C7H11N3O/c1-9(2)6-5-10(6)7(11)3-4-8/h6H,3,5H2,1-2H3. The van der Waals surface area contributed by atoms with Crippen molar-refractivity contribution in [2.24, 2.45) is 0 Å². The van der Waals surface area contributed by atoms with Gasteiger partial charge >= 0.3 is 0 Å². The van der Waals surface area contributed by atoms with Crippen molar-refractivity contribution in [3.05, 3.63) is 0 Å². The number of carbonyl (C=O) groups excluding carboxylic acids is 1. The molecule has 1 atom stereocenters. The fourth-order valence-corrected chi connectivity index (χ4v) is 1.01. The second-order valence-corrected chi connectivity index (χ2v) is 2.83. The normalized spacial score (nSPS) is 21.6. The van der Waals surface area contributed by atoms with Crippen LogP contribution in [0.5, 0.6) is 0 Å². The molecule has 0 N–H and O–H groups in total. The molecular weight excluding hydrogens is 142 g/mol. The Morgan fingerprint density at radius 1 is 1.82 bits per heavy atom. The SMILES string of the molecule is CN(C)C1CN1C(=O)CC#N. The van der Waals surface area contributed by atoms with Crippen molar-refractivity contribution in [2.45, 2.75) is 12.6 Å². The summed E-state index contributed by atoms with van der Waals surface area (Å²) in [6, 6.07) is 1.84. The maximum atomic E-state index is 11.0. The molecule has 1 aliphatic heterocycles. The molecule has 0 aliphatic carbocycles. The van der Waals surface area contributed by atoms with E-state index in [-0.39, 0.29) is 18.5 Å². The van der Waals surface area contributed by atoms with E-state index in [1.807, 2.05) is 25.1 Å². The predicted molar refractivity (Wildman–Crippen MR) is 39.4 cm³/mol. The highest BCUT2D eigenvalue weighted by Gasteiger charge is 2.39. The smallest absolute Gasteiger partial charge is 0.238 e. The number of amides is 1. The zero-order valence-electron chi connectivity index (χ0n) is 6.74. The Morgan fingerprint density at radius 3 is 2.82 bits per heavy atom. The van der Waals surface area contributed by atoms with Crippen LogP contribution in [0, 0.1) is 11.3 Å². The lowest BCUT2D eigenvalue weighted by molar-refractivity contribution is -0.125. The highest BCUT2D eigenvalue weighted by molar-refractivity contribution is 5.80. The van der Waals surface area contributed by atoms with E-state index in [0.29, 0.717) is 0 Å². The van der Waals surface area contributed by atoms with Gasteiger partial charge in [0.2, 0.25) is 5.91 Å². The van der Waals surface area contributed by atoms with Crippen LogP contribution >= 0.6 is 0 Å². The molecule has 0 aromatic carbocycles. The molecule has 1 saturated heterocycles. The van der Waals surface area contributed by atoms with E-state index in [9.17, 15) is 4.79 Å². The third-order valence-electron chi connectivity index (χ3n) is 1.73.